The molecule has 2 rings (SSSR count). The van der Waals surface area contributed by atoms with Gasteiger partial charge >= 0.3 is 6.36 Å². The van der Waals surface area contributed by atoms with Gasteiger partial charge in [0.25, 0.3) is 0 Å². The zero-order valence-corrected chi connectivity index (χ0v) is 13.0. The van der Waals surface area contributed by atoms with Crippen LogP contribution in [0.1, 0.15) is 11.3 Å². The van der Waals surface area contributed by atoms with Crippen molar-refractivity contribution in [2.24, 2.45) is 5.10 Å². The Morgan fingerprint density at radius 2 is 2.14 bits per heavy atom. The lowest BCUT2D eigenvalue weighted by Crippen LogP contribution is -2.17. The van der Waals surface area contributed by atoms with Gasteiger partial charge in [0.05, 0.1) is 11.9 Å². The van der Waals surface area contributed by atoms with Gasteiger partial charge in [0.2, 0.25) is 5.13 Å². The second-order valence-corrected chi connectivity index (χ2v) is 5.71. The van der Waals surface area contributed by atoms with Crippen molar-refractivity contribution in [2.75, 3.05) is 5.43 Å². The molecule has 2 aromatic rings. The Hall–Kier alpha value is -1.61. The van der Waals surface area contributed by atoms with Crippen molar-refractivity contribution in [3.8, 4) is 5.75 Å². The van der Waals surface area contributed by atoms with Crippen molar-refractivity contribution >= 4 is 38.6 Å². The molecule has 0 spiro atoms. The van der Waals surface area contributed by atoms with Crippen LogP contribution in [-0.4, -0.2) is 17.6 Å². The topological polar surface area (TPSA) is 46.5 Å². The van der Waals surface area contributed by atoms with Crippen LogP contribution in [0.5, 0.6) is 5.75 Å². The van der Waals surface area contributed by atoms with Crippen molar-refractivity contribution in [1.82, 2.24) is 4.98 Å². The van der Waals surface area contributed by atoms with Gasteiger partial charge in [0, 0.05) is 9.85 Å². The summed E-state index contributed by atoms with van der Waals surface area (Å²) in [6.07, 6.45) is -3.35. The Morgan fingerprint density at radius 3 is 2.76 bits per heavy atom. The molecule has 1 aromatic carbocycles. The van der Waals surface area contributed by atoms with Crippen LogP contribution in [0.2, 0.25) is 0 Å². The molecule has 9 heteroatoms. The van der Waals surface area contributed by atoms with Gasteiger partial charge in [-0.1, -0.05) is 15.9 Å². The van der Waals surface area contributed by atoms with Crippen molar-refractivity contribution in [2.45, 2.75) is 13.3 Å². The van der Waals surface area contributed by atoms with Gasteiger partial charge in [-0.2, -0.15) is 5.10 Å². The fraction of sp³-hybridized carbons (Fsp3) is 0.167. The highest BCUT2D eigenvalue weighted by atomic mass is 79.9. The minimum Gasteiger partial charge on any atom is -0.406 e. The van der Waals surface area contributed by atoms with Crippen LogP contribution in [0, 0.1) is 6.92 Å². The molecule has 0 saturated carbocycles. The molecule has 112 valence electrons. The van der Waals surface area contributed by atoms with E-state index in [0.29, 0.717) is 15.2 Å². The average molecular weight is 380 g/mol. The number of ether oxygens (including phenoxy) is 1. The van der Waals surface area contributed by atoms with Crippen molar-refractivity contribution in [3.63, 3.8) is 0 Å². The largest absolute Gasteiger partial charge is 0.573 e. The lowest BCUT2D eigenvalue weighted by atomic mass is 10.2. The van der Waals surface area contributed by atoms with Gasteiger partial charge in [-0.05, 0) is 30.7 Å². The normalized spacial score (nSPS) is 11.9. The summed E-state index contributed by atoms with van der Waals surface area (Å²) < 4.78 is 40.9. The number of hydrogen-bond acceptors (Lipinski definition) is 5. The first-order valence-corrected chi connectivity index (χ1v) is 7.27. The van der Waals surface area contributed by atoms with Crippen LogP contribution < -0.4 is 10.2 Å². The SMILES string of the molecule is Cc1csc(NN=Cc2cc(Br)cc(OC(F)(F)F)c2)n1. The third kappa shape index (κ3) is 5.35. The lowest BCUT2D eigenvalue weighted by Gasteiger charge is -2.09. The van der Waals surface area contributed by atoms with Gasteiger partial charge in [0.1, 0.15) is 5.75 Å². The summed E-state index contributed by atoms with van der Waals surface area (Å²) in [7, 11) is 0. The van der Waals surface area contributed by atoms with E-state index in [0.717, 1.165) is 5.69 Å². The third-order valence-corrected chi connectivity index (χ3v) is 3.44. The maximum atomic E-state index is 12.2. The maximum Gasteiger partial charge on any atom is 0.573 e. The zero-order valence-electron chi connectivity index (χ0n) is 10.6. The van der Waals surface area contributed by atoms with Gasteiger partial charge in [-0.25, -0.2) is 4.98 Å². The number of rotatable bonds is 4. The number of thiazole rings is 1. The summed E-state index contributed by atoms with van der Waals surface area (Å²) in [5, 5.41) is 6.37. The summed E-state index contributed by atoms with van der Waals surface area (Å²) in [4.78, 5) is 4.14. The molecule has 0 aliphatic carbocycles. The molecule has 4 nitrogen and oxygen atoms in total. The molecule has 0 aliphatic heterocycles. The second-order valence-electron chi connectivity index (χ2n) is 3.93. The molecule has 0 fully saturated rings. The van der Waals surface area contributed by atoms with Crippen LogP contribution in [0.3, 0.4) is 0 Å². The van der Waals surface area contributed by atoms with E-state index in [1.54, 1.807) is 6.07 Å². The monoisotopic (exact) mass is 379 g/mol. The summed E-state index contributed by atoms with van der Waals surface area (Å²) in [6, 6.07) is 4.07. The van der Waals surface area contributed by atoms with E-state index < -0.39 is 6.36 Å². The molecule has 0 aliphatic rings. The van der Waals surface area contributed by atoms with E-state index in [1.165, 1.54) is 29.7 Å². The Bertz CT molecular complexity index is 657. The Morgan fingerprint density at radius 1 is 1.38 bits per heavy atom. The van der Waals surface area contributed by atoms with Crippen LogP contribution in [-0.2, 0) is 0 Å². The molecular weight excluding hydrogens is 371 g/mol. The van der Waals surface area contributed by atoms with Crippen LogP contribution in [0.15, 0.2) is 33.2 Å². The highest BCUT2D eigenvalue weighted by molar-refractivity contribution is 9.10. The first-order valence-electron chi connectivity index (χ1n) is 5.59. The van der Waals surface area contributed by atoms with Gasteiger partial charge < -0.3 is 4.74 Å². The zero-order chi connectivity index (χ0) is 15.5. The predicted octanol–water partition coefficient (Wildman–Crippen LogP) is 4.56. The third-order valence-electron chi connectivity index (χ3n) is 2.12. The van der Waals surface area contributed by atoms with Crippen molar-refractivity contribution in [3.05, 3.63) is 39.3 Å². The smallest absolute Gasteiger partial charge is 0.406 e. The number of halogens is 4. The molecule has 0 atom stereocenters. The fourth-order valence-electron chi connectivity index (χ4n) is 1.42. The van der Waals surface area contributed by atoms with Crippen molar-refractivity contribution < 1.29 is 17.9 Å². The maximum absolute atomic E-state index is 12.2. The number of hydrogen-bond donors (Lipinski definition) is 1. The van der Waals surface area contributed by atoms with E-state index in [2.05, 4.69) is 36.2 Å². The molecule has 0 amide bonds. The molecule has 21 heavy (non-hydrogen) atoms. The molecule has 1 aromatic heterocycles. The first-order chi connectivity index (χ1) is 9.82. The number of alkyl halides is 3. The fourth-order valence-corrected chi connectivity index (χ4v) is 2.55. The number of aromatic nitrogens is 1. The summed E-state index contributed by atoms with van der Waals surface area (Å²) in [5.74, 6) is -0.316. The molecule has 0 radical (unpaired) electrons. The van der Waals surface area contributed by atoms with Crippen LogP contribution in [0.25, 0.3) is 0 Å². The number of nitrogens with one attached hydrogen (secondary N) is 1. The second kappa shape index (κ2) is 6.44. The van der Waals surface area contributed by atoms with Gasteiger partial charge in [-0.3, -0.25) is 5.43 Å². The Balaban J connectivity index is 2.08. The Kier molecular flexibility index (Phi) is 4.84. The number of aryl methyl sites for hydroxylation is 1. The van der Waals surface area contributed by atoms with Gasteiger partial charge in [-0.15, -0.1) is 24.5 Å². The summed E-state index contributed by atoms with van der Waals surface area (Å²) >= 11 is 4.50. The van der Waals surface area contributed by atoms with E-state index in [4.69, 9.17) is 0 Å². The highest BCUT2D eigenvalue weighted by Gasteiger charge is 2.31. The molecule has 1 N–H and O–H groups in total. The van der Waals surface area contributed by atoms with Crippen molar-refractivity contribution in [1.29, 1.82) is 0 Å². The quantitative estimate of drug-likeness (QED) is 0.625. The highest BCUT2D eigenvalue weighted by Crippen LogP contribution is 2.26. The van der Waals surface area contributed by atoms with Gasteiger partial charge in [0.15, 0.2) is 0 Å². The molecular formula is C12H9BrF3N3OS. The molecule has 0 saturated heterocycles. The van der Waals surface area contributed by atoms with E-state index in [9.17, 15) is 13.2 Å². The van der Waals surface area contributed by atoms with Crippen LogP contribution >= 0.6 is 27.3 Å². The van der Waals surface area contributed by atoms with E-state index in [-0.39, 0.29) is 5.75 Å². The number of nitrogens with zero attached hydrogens (tertiary/aromatic N) is 2. The average Bonchev–Trinajstić information content (AvgIpc) is 2.72. The minimum atomic E-state index is -4.73. The van der Waals surface area contributed by atoms with Crippen LogP contribution in [0.4, 0.5) is 18.3 Å². The summed E-state index contributed by atoms with van der Waals surface area (Å²) in [5.41, 5.74) is 4.01. The number of hydrazone groups is 1. The minimum absolute atomic E-state index is 0.316. The predicted molar refractivity (Wildman–Crippen MR) is 78.9 cm³/mol. The first kappa shape index (κ1) is 15.8. The number of anilines is 1. The lowest BCUT2D eigenvalue weighted by molar-refractivity contribution is -0.274. The summed E-state index contributed by atoms with van der Waals surface area (Å²) in [6.45, 7) is 1.85. The molecule has 1 heterocycles. The van der Waals surface area contributed by atoms with E-state index >= 15 is 0 Å². The standard InChI is InChI=1S/C12H9BrF3N3OS/c1-7-6-21-11(18-7)19-17-5-8-2-9(13)4-10(3-8)20-12(14,15)16/h2-6H,1H3,(H,18,19). The van der Waals surface area contributed by atoms with E-state index in [1.807, 2.05) is 12.3 Å². The number of benzene rings is 1. The Labute approximate surface area is 130 Å². The molecule has 0 unspecified atom stereocenters. The molecule has 0 bridgehead atoms.